The lowest BCUT2D eigenvalue weighted by molar-refractivity contribution is -0.229. The Kier molecular flexibility index (Phi) is 19.2. The normalized spacial score (nSPS) is 27.7. The number of aromatic nitrogens is 2. The number of hydrogen-bond donors (Lipinski definition) is 14. The number of aliphatic hydroxyl groups is 3. The summed E-state index contributed by atoms with van der Waals surface area (Å²) in [5.41, 5.74) is 21.3. The summed E-state index contributed by atoms with van der Waals surface area (Å²) in [4.78, 5) is 96.2. The highest BCUT2D eigenvalue weighted by Gasteiger charge is 2.54. The van der Waals surface area contributed by atoms with Gasteiger partial charge in [0.2, 0.25) is 23.6 Å². The second-order valence-electron chi connectivity index (χ2n) is 16.8. The molecule has 2 saturated heterocycles. The van der Waals surface area contributed by atoms with Gasteiger partial charge in [0.1, 0.15) is 66.9 Å². The summed E-state index contributed by atoms with van der Waals surface area (Å²) in [5, 5.41) is 49.4. The number of carbonyl (C=O) groups is 5. The number of nitrogens with zero attached hydrogens (tertiary/aromatic N) is 2. The number of methoxy groups -OCH3 is 1. The van der Waals surface area contributed by atoms with E-state index in [4.69, 9.17) is 41.9 Å². The molecular weight excluding hydrogens is 862 g/mol. The first-order chi connectivity index (χ1) is 30.7. The maximum Gasteiger partial charge on any atom is 0.330 e. The van der Waals surface area contributed by atoms with Crippen LogP contribution in [-0.4, -0.2) is 173 Å². The van der Waals surface area contributed by atoms with Gasteiger partial charge in [0, 0.05) is 39.0 Å². The van der Waals surface area contributed by atoms with Crippen LogP contribution in [0.2, 0.25) is 0 Å². The van der Waals surface area contributed by atoms with Crippen molar-refractivity contribution >= 4 is 35.6 Å². The fraction of sp³-hybridized carbons (Fsp3) is 0.737. The molecule has 0 radical (unpaired) electrons. The summed E-state index contributed by atoms with van der Waals surface area (Å²) in [6.07, 6.45) is -11.6. The molecule has 6 amide bonds. The third-order valence-corrected chi connectivity index (χ3v) is 11.1. The van der Waals surface area contributed by atoms with Gasteiger partial charge in [0.05, 0.1) is 6.04 Å². The summed E-state index contributed by atoms with van der Waals surface area (Å²) in [6, 6.07) is -5.55. The number of nitrogens with one attached hydrogen (secondary N) is 7. The van der Waals surface area contributed by atoms with Gasteiger partial charge in [-0.05, 0) is 37.6 Å². The second kappa shape index (κ2) is 23.8. The summed E-state index contributed by atoms with van der Waals surface area (Å²) in [6.45, 7) is 7.08. The van der Waals surface area contributed by atoms with Crippen molar-refractivity contribution in [1.82, 2.24) is 41.5 Å². The fourth-order valence-electron chi connectivity index (χ4n) is 7.72. The Hall–Kier alpha value is -5.26. The maximum absolute atomic E-state index is 13.9. The number of hydrogen-bond acceptors (Lipinski definition) is 19. The average Bonchev–Trinajstić information content (AvgIpc) is 3.70. The molecule has 0 bridgehead atoms. The molecule has 0 spiro atoms. The van der Waals surface area contributed by atoms with E-state index in [9.17, 15) is 48.9 Å². The van der Waals surface area contributed by atoms with E-state index in [0.29, 0.717) is 0 Å². The van der Waals surface area contributed by atoms with Gasteiger partial charge in [-0.15, -0.1) is 0 Å². The topological polar surface area (TPSA) is 426 Å². The number of urea groups is 1. The highest BCUT2D eigenvalue weighted by molar-refractivity contribution is 5.94. The first-order valence-electron chi connectivity index (χ1n) is 21.3. The molecule has 3 aliphatic heterocycles. The summed E-state index contributed by atoms with van der Waals surface area (Å²) < 4.78 is 24.1. The van der Waals surface area contributed by atoms with Gasteiger partial charge >= 0.3 is 11.7 Å². The molecule has 2 fully saturated rings. The van der Waals surface area contributed by atoms with Crippen LogP contribution in [0.1, 0.15) is 53.2 Å². The average molecular weight is 928 g/mol. The van der Waals surface area contributed by atoms with Gasteiger partial charge in [-0.25, -0.2) is 9.59 Å². The lowest BCUT2D eigenvalue weighted by Gasteiger charge is -2.34. The number of rotatable bonds is 23. The zero-order valence-corrected chi connectivity index (χ0v) is 36.9. The smallest absolute Gasteiger partial charge is 0.330 e. The molecule has 27 heteroatoms. The van der Waals surface area contributed by atoms with Crippen molar-refractivity contribution in [1.29, 1.82) is 0 Å². The number of ether oxygens (including phenoxy) is 4. The molecule has 3 aliphatic rings. The molecule has 1 aromatic rings. The lowest BCUT2D eigenvalue weighted by atomic mass is 9.98. The Morgan fingerprint density at radius 2 is 1.65 bits per heavy atom. The molecule has 27 nitrogen and oxygen atoms in total. The van der Waals surface area contributed by atoms with E-state index in [0.717, 1.165) is 16.8 Å². The number of amides is 6. The Labute approximate surface area is 373 Å². The summed E-state index contributed by atoms with van der Waals surface area (Å²) >= 11 is 0. The largest absolute Gasteiger partial charge is 0.387 e. The van der Waals surface area contributed by atoms with Crippen molar-refractivity contribution < 1.29 is 58.2 Å². The molecule has 65 heavy (non-hydrogen) atoms. The predicted molar refractivity (Wildman–Crippen MR) is 228 cm³/mol. The van der Waals surface area contributed by atoms with E-state index >= 15 is 0 Å². The van der Waals surface area contributed by atoms with Crippen LogP contribution in [0.4, 0.5) is 4.79 Å². The number of nitrogens with two attached hydrogens (primary N) is 4. The van der Waals surface area contributed by atoms with Crippen molar-refractivity contribution in [3.63, 3.8) is 0 Å². The molecule has 18 N–H and O–H groups in total. The zero-order valence-electron chi connectivity index (χ0n) is 36.9. The first kappa shape index (κ1) is 52.4. The molecule has 4 rings (SSSR count). The number of aromatic amines is 1. The third kappa shape index (κ3) is 13.6. The molecule has 366 valence electrons. The van der Waals surface area contributed by atoms with Crippen molar-refractivity contribution in [2.45, 2.75) is 132 Å². The predicted octanol–water partition coefficient (Wildman–Crippen LogP) is -7.06. The number of primary amides is 2. The zero-order chi connectivity index (χ0) is 48.3. The van der Waals surface area contributed by atoms with Gasteiger partial charge < -0.3 is 89.1 Å². The van der Waals surface area contributed by atoms with Crippen LogP contribution in [0.5, 0.6) is 0 Å². The fourth-order valence-corrected chi connectivity index (χ4v) is 7.72. The van der Waals surface area contributed by atoms with Gasteiger partial charge in [-0.1, -0.05) is 27.7 Å². The van der Waals surface area contributed by atoms with Crippen LogP contribution in [0.3, 0.4) is 0 Å². The maximum atomic E-state index is 13.9. The quantitative estimate of drug-likeness (QED) is 0.0454. The van der Waals surface area contributed by atoms with Crippen LogP contribution >= 0.6 is 0 Å². The summed E-state index contributed by atoms with van der Waals surface area (Å²) in [5.74, 6) is -3.52. The molecule has 0 saturated carbocycles. The number of aliphatic hydroxyl groups excluding tert-OH is 3. The molecule has 4 heterocycles. The highest BCUT2D eigenvalue weighted by atomic mass is 16.7. The first-order valence-corrected chi connectivity index (χ1v) is 21.3. The van der Waals surface area contributed by atoms with Crippen molar-refractivity contribution in [2.24, 2.45) is 39.8 Å². The van der Waals surface area contributed by atoms with Crippen LogP contribution in [-0.2, 0) is 38.1 Å². The Bertz CT molecular complexity index is 1950. The van der Waals surface area contributed by atoms with E-state index in [1.165, 1.54) is 7.11 Å². The molecular formula is C38H65N13O14. The van der Waals surface area contributed by atoms with Crippen molar-refractivity contribution in [2.75, 3.05) is 33.3 Å². The lowest BCUT2D eigenvalue weighted by Crippen LogP contribution is -2.65. The number of guanidine groups is 1. The molecule has 0 aliphatic carbocycles. The third-order valence-electron chi connectivity index (χ3n) is 11.1. The highest BCUT2D eigenvalue weighted by Crippen LogP contribution is 2.34. The Balaban J connectivity index is 1.47. The molecule has 0 aromatic carbocycles. The van der Waals surface area contributed by atoms with E-state index in [-0.39, 0.29) is 63.2 Å². The molecule has 14 atom stereocenters. The number of aliphatic imine (C=N–C) groups is 1. The van der Waals surface area contributed by atoms with E-state index in [1.54, 1.807) is 13.8 Å². The van der Waals surface area contributed by atoms with E-state index in [2.05, 4.69) is 36.9 Å². The van der Waals surface area contributed by atoms with E-state index < -0.39 is 126 Å². The van der Waals surface area contributed by atoms with Gasteiger partial charge in [-0.3, -0.25) is 38.5 Å². The minimum Gasteiger partial charge on any atom is -0.387 e. The van der Waals surface area contributed by atoms with Crippen LogP contribution in [0.15, 0.2) is 26.8 Å². The SMILES string of the molecule is CO[C@H]1[C@H](OC([C@H](NCCCNC(=O)[C@H](CC(C)C)NC(=O)[C@@H](NC(=O)N[C@H](C(N)=O)C(C)C)[C@@H]2CCN=C(N)N2)C(N)=O)[C@H]2O[C@@H](n3ccc(=O)[nH]c3=O)[C@H](O)[C@@H]2O)O[C@H](CN)[C@H]1O. The Morgan fingerprint density at radius 1 is 0.954 bits per heavy atom. The van der Waals surface area contributed by atoms with Gasteiger partial charge in [-0.2, -0.15) is 0 Å². The van der Waals surface area contributed by atoms with Crippen molar-refractivity contribution in [3.05, 3.63) is 33.1 Å². The number of carbonyl (C=O) groups excluding carboxylic acids is 5. The van der Waals surface area contributed by atoms with Crippen LogP contribution in [0, 0.1) is 11.8 Å². The van der Waals surface area contributed by atoms with Crippen LogP contribution in [0.25, 0.3) is 0 Å². The summed E-state index contributed by atoms with van der Waals surface area (Å²) in [7, 11) is 1.27. The van der Waals surface area contributed by atoms with Crippen molar-refractivity contribution in [3.8, 4) is 0 Å². The Morgan fingerprint density at radius 3 is 2.23 bits per heavy atom. The van der Waals surface area contributed by atoms with Crippen LogP contribution < -0.4 is 66.1 Å². The number of H-pyrrole nitrogens is 1. The molecule has 1 aromatic heterocycles. The van der Waals surface area contributed by atoms with E-state index in [1.807, 2.05) is 18.8 Å². The van der Waals surface area contributed by atoms with Gasteiger partial charge in [0.25, 0.3) is 5.56 Å². The standard InChI is InChI=1S/C38H65N13O14/c1-15(2)13-18(46-33(59)22(17-7-11-45-36(42)47-17)50-37(60)49-21(16(3)4)30(40)56)32(58)44-10-6-9-43-23(31(41)57)27(65-35-29(62-5)24(53)19(14-39)63-35)28-25(54)26(55)34(64-28)51-12-8-20(52)48-38(51)61/h8,12,15-19,21-29,34-35,43,53-55H,6-7,9-11,13-14,39H2,1-5H3,(H2,40,56)(H2,41,57)(H,44,58)(H,46,59)(H3,42,45,47)(H,48,52,61)(H2,49,50,60)/t17-,18-,19+,21-,22-,23-,24+,25-,26+,27?,28-,29+,34+,35-/m0/s1. The monoisotopic (exact) mass is 927 g/mol. The molecule has 1 unspecified atom stereocenters. The van der Waals surface area contributed by atoms with Gasteiger partial charge in [0.15, 0.2) is 18.5 Å². The minimum absolute atomic E-state index is 0.0153. The second-order valence-corrected chi connectivity index (χ2v) is 16.8. The minimum atomic E-state index is -1.83.